The average Bonchev–Trinajstić information content (AvgIpc) is 3.10. The fourth-order valence-electron chi connectivity index (χ4n) is 1.85. The Balaban J connectivity index is 1.91. The molecule has 1 aliphatic carbocycles. The van der Waals surface area contributed by atoms with Crippen molar-refractivity contribution in [1.82, 2.24) is 8.76 Å². The van der Waals surface area contributed by atoms with Gasteiger partial charge in [-0.2, -0.15) is 0 Å². The number of aliphatic hydroxyl groups is 1. The number of aromatic nitrogens is 2. The molecule has 0 amide bonds. The molecule has 5 heteroatoms. The zero-order valence-electron chi connectivity index (χ0n) is 9.91. The first-order valence-electron chi connectivity index (χ1n) is 5.98. The normalized spacial score (nSPS) is 14.7. The van der Waals surface area contributed by atoms with E-state index in [-0.39, 0.29) is 6.61 Å². The number of nitrogens with zero attached hydrogens (tertiary/aromatic N) is 2. The maximum absolute atomic E-state index is 9.09. The van der Waals surface area contributed by atoms with Crippen LogP contribution in [0.1, 0.15) is 18.5 Å². The van der Waals surface area contributed by atoms with Crippen molar-refractivity contribution in [2.75, 3.05) is 0 Å². The first-order valence-corrected chi connectivity index (χ1v) is 6.50. The van der Waals surface area contributed by atoms with E-state index in [0.29, 0.717) is 11.8 Å². The second-order valence-corrected chi connectivity index (χ2v) is 4.96. The lowest BCUT2D eigenvalue weighted by molar-refractivity contribution is 0.276. The molecule has 0 atom stereocenters. The summed E-state index contributed by atoms with van der Waals surface area (Å²) in [5.41, 5.74) is 2.65. The van der Waals surface area contributed by atoms with E-state index in [4.69, 9.17) is 9.84 Å². The van der Waals surface area contributed by atoms with Crippen LogP contribution in [0.4, 0.5) is 0 Å². The van der Waals surface area contributed by atoms with Crippen molar-refractivity contribution in [1.29, 1.82) is 0 Å². The molecule has 90 valence electrons. The molecular formula is C13H13AlN2O2. The van der Waals surface area contributed by atoms with Gasteiger partial charge in [0.15, 0.2) is 0 Å². The quantitative estimate of drug-likeness (QED) is 0.844. The second-order valence-electron chi connectivity index (χ2n) is 4.47. The van der Waals surface area contributed by atoms with Crippen LogP contribution < -0.4 is 4.74 Å². The van der Waals surface area contributed by atoms with Gasteiger partial charge >= 0.3 is 16.5 Å². The molecular weight excluding hydrogens is 243 g/mol. The molecule has 1 aliphatic rings. The average molecular weight is 256 g/mol. The molecule has 4 nitrogen and oxygen atoms in total. The van der Waals surface area contributed by atoms with Crippen LogP contribution in [-0.2, 0) is 6.61 Å². The van der Waals surface area contributed by atoms with Gasteiger partial charge in [-0.25, -0.2) is 5.10 Å². The van der Waals surface area contributed by atoms with Gasteiger partial charge in [0, 0.05) is 11.3 Å². The van der Waals surface area contributed by atoms with E-state index in [9.17, 15) is 0 Å². The first-order chi connectivity index (χ1) is 8.76. The molecule has 0 bridgehead atoms. The Kier molecular flexibility index (Phi) is 3.13. The van der Waals surface area contributed by atoms with Gasteiger partial charge in [-0.15, -0.1) is 0 Å². The molecule has 1 N–H and O–H groups in total. The summed E-state index contributed by atoms with van der Waals surface area (Å²) >= 11 is 2.53. The van der Waals surface area contributed by atoms with E-state index in [2.05, 4.69) is 21.6 Å². The summed E-state index contributed by atoms with van der Waals surface area (Å²) in [6, 6.07) is 9.85. The highest BCUT2D eigenvalue weighted by molar-refractivity contribution is 6.08. The van der Waals surface area contributed by atoms with E-state index in [1.165, 1.54) is 0 Å². The third-order valence-corrected chi connectivity index (χ3v) is 3.30. The number of hydrogen-bond acceptors (Lipinski definition) is 3. The van der Waals surface area contributed by atoms with Crippen LogP contribution in [0.25, 0.3) is 11.3 Å². The van der Waals surface area contributed by atoms with Crippen LogP contribution >= 0.6 is 0 Å². The Morgan fingerprint density at radius 3 is 2.89 bits per heavy atom. The summed E-state index contributed by atoms with van der Waals surface area (Å²) in [4.78, 5) is 0. The number of ether oxygens (including phenoxy) is 1. The minimum absolute atomic E-state index is 0.0489. The number of hydrogen-bond donors (Lipinski definition) is 1. The molecule has 2 aromatic rings. The fourth-order valence-corrected chi connectivity index (χ4v) is 2.22. The molecule has 1 heterocycles. The topological polar surface area (TPSA) is 47.3 Å². The van der Waals surface area contributed by atoms with Gasteiger partial charge in [0.2, 0.25) is 0 Å². The molecule has 0 saturated heterocycles. The van der Waals surface area contributed by atoms with Gasteiger partial charge in [-0.3, -0.25) is 0 Å². The summed E-state index contributed by atoms with van der Waals surface area (Å²) in [7, 11) is 0. The second kappa shape index (κ2) is 4.77. The summed E-state index contributed by atoms with van der Waals surface area (Å²) < 4.78 is 7.47. The van der Waals surface area contributed by atoms with Crippen molar-refractivity contribution in [3.63, 3.8) is 0 Å². The van der Waals surface area contributed by atoms with Crippen molar-refractivity contribution >= 4 is 16.5 Å². The van der Waals surface area contributed by atoms with Crippen molar-refractivity contribution in [2.24, 2.45) is 0 Å². The third kappa shape index (κ3) is 2.44. The minimum atomic E-state index is -0.0489. The molecule has 3 rings (SSSR count). The monoisotopic (exact) mass is 256 g/mol. The van der Waals surface area contributed by atoms with Gasteiger partial charge in [0.1, 0.15) is 5.75 Å². The highest BCUT2D eigenvalue weighted by Gasteiger charge is 2.23. The van der Waals surface area contributed by atoms with Crippen LogP contribution in [-0.4, -0.2) is 36.5 Å². The molecule has 1 fully saturated rings. The van der Waals surface area contributed by atoms with E-state index >= 15 is 0 Å². The van der Waals surface area contributed by atoms with Crippen LogP contribution in [0.3, 0.4) is 0 Å². The largest absolute Gasteiger partial charge is 0.490 e. The van der Waals surface area contributed by atoms with Crippen molar-refractivity contribution in [2.45, 2.75) is 25.6 Å². The van der Waals surface area contributed by atoms with Crippen LogP contribution in [0.5, 0.6) is 5.75 Å². The molecule has 0 aliphatic heterocycles. The van der Waals surface area contributed by atoms with Gasteiger partial charge in [-0.05, 0) is 31.0 Å². The van der Waals surface area contributed by atoms with Crippen molar-refractivity contribution < 1.29 is 9.84 Å². The predicted molar refractivity (Wildman–Crippen MR) is 68.4 cm³/mol. The molecule has 0 unspecified atom stereocenters. The SMILES string of the molecule is OCc1cc(-c2cccc(OC3CC3)c2)[n]([Al])n1. The molecule has 1 aromatic heterocycles. The Hall–Kier alpha value is -1.28. The van der Waals surface area contributed by atoms with E-state index < -0.39 is 0 Å². The minimum Gasteiger partial charge on any atom is -0.490 e. The lowest BCUT2D eigenvalue weighted by Gasteiger charge is -2.07. The highest BCUT2D eigenvalue weighted by atomic mass is 27.1. The Morgan fingerprint density at radius 2 is 2.22 bits per heavy atom. The number of benzene rings is 1. The summed E-state index contributed by atoms with van der Waals surface area (Å²) in [6.45, 7) is -0.0489. The molecule has 0 spiro atoms. The third-order valence-electron chi connectivity index (χ3n) is 2.91. The Bertz CT molecular complexity index is 564. The number of aliphatic hydroxyl groups excluding tert-OH is 1. The Labute approximate surface area is 114 Å². The standard InChI is InChI=1S/C13H13N2O2.Al/c16-8-10-7-13(15-14-10)9-2-1-3-12(6-9)17-11-4-5-11;/h1-3,6-7,11,16H,4-5,8H2;/q-1;+1. The summed E-state index contributed by atoms with van der Waals surface area (Å²) in [6.07, 6.45) is 2.70. The summed E-state index contributed by atoms with van der Waals surface area (Å²) in [5, 5.41) is 13.3. The van der Waals surface area contributed by atoms with Crippen LogP contribution in [0, 0.1) is 0 Å². The smallest absolute Gasteiger partial charge is 0.354 e. The van der Waals surface area contributed by atoms with Crippen LogP contribution in [0.15, 0.2) is 30.3 Å². The zero-order chi connectivity index (χ0) is 12.5. The fraction of sp³-hybridized carbons (Fsp3) is 0.308. The Morgan fingerprint density at radius 1 is 1.39 bits per heavy atom. The van der Waals surface area contributed by atoms with Crippen molar-refractivity contribution in [3.05, 3.63) is 36.0 Å². The van der Waals surface area contributed by atoms with Gasteiger partial charge in [0.25, 0.3) is 0 Å². The number of rotatable bonds is 4. The molecule has 1 saturated carbocycles. The maximum Gasteiger partial charge on any atom is 0.354 e. The van der Waals surface area contributed by atoms with E-state index in [1.807, 2.05) is 30.3 Å². The van der Waals surface area contributed by atoms with Crippen LogP contribution in [0.2, 0.25) is 0 Å². The predicted octanol–water partition coefficient (Wildman–Crippen LogP) is 1.52. The molecule has 2 radical (unpaired) electrons. The van der Waals surface area contributed by atoms with Gasteiger partial charge in [-0.1, -0.05) is 12.1 Å². The van der Waals surface area contributed by atoms with Gasteiger partial charge < -0.3 is 13.5 Å². The molecule has 18 heavy (non-hydrogen) atoms. The van der Waals surface area contributed by atoms with E-state index in [1.54, 1.807) is 3.67 Å². The van der Waals surface area contributed by atoms with Crippen molar-refractivity contribution in [3.8, 4) is 17.0 Å². The first kappa shape index (κ1) is 11.8. The highest BCUT2D eigenvalue weighted by Crippen LogP contribution is 2.29. The maximum atomic E-state index is 9.09. The lowest BCUT2D eigenvalue weighted by Crippen LogP contribution is -1.99. The van der Waals surface area contributed by atoms with E-state index in [0.717, 1.165) is 29.8 Å². The summed E-state index contributed by atoms with van der Waals surface area (Å²) in [5.74, 6) is 0.895. The van der Waals surface area contributed by atoms with Gasteiger partial charge in [0.05, 0.1) is 18.4 Å². The molecule has 1 aromatic carbocycles. The zero-order valence-corrected chi connectivity index (χ0v) is 11.1. The lowest BCUT2D eigenvalue weighted by atomic mass is 10.1.